The Kier molecular flexibility index (Phi) is 5.19. The summed E-state index contributed by atoms with van der Waals surface area (Å²) in [5.74, 6) is 1.38. The monoisotopic (exact) mass is 229 g/mol. The quantitative estimate of drug-likeness (QED) is 0.747. The molecule has 0 aromatic heterocycles. The largest absolute Gasteiger partial charge is 0.481 e. The molecule has 15 heavy (non-hydrogen) atoms. The number of nitrogens with zero attached hydrogens (tertiary/aromatic N) is 1. The third-order valence-electron chi connectivity index (χ3n) is 2.49. The molecule has 0 spiro atoms. The molecular formula is C11H19NO2S. The van der Waals surface area contributed by atoms with E-state index >= 15 is 0 Å². The third-order valence-corrected chi connectivity index (χ3v) is 3.59. The summed E-state index contributed by atoms with van der Waals surface area (Å²) in [6, 6.07) is 0.205. The Morgan fingerprint density at radius 1 is 1.60 bits per heavy atom. The second-order valence-corrected chi connectivity index (χ2v) is 5.25. The van der Waals surface area contributed by atoms with Gasteiger partial charge in [-0.15, -0.1) is 0 Å². The fourth-order valence-electron chi connectivity index (χ4n) is 1.62. The summed E-state index contributed by atoms with van der Waals surface area (Å²) in [5, 5.41) is 8.81. The van der Waals surface area contributed by atoms with Gasteiger partial charge in [-0.2, -0.15) is 11.8 Å². The predicted octanol–water partition coefficient (Wildman–Crippen LogP) is 1.84. The van der Waals surface area contributed by atoms with E-state index in [1.54, 1.807) is 0 Å². The van der Waals surface area contributed by atoms with Crippen LogP contribution in [0, 0.1) is 0 Å². The van der Waals surface area contributed by atoms with Crippen LogP contribution in [0.1, 0.15) is 20.3 Å². The first-order valence-electron chi connectivity index (χ1n) is 5.26. The maximum atomic E-state index is 10.7. The van der Waals surface area contributed by atoms with Crippen molar-refractivity contribution in [1.29, 1.82) is 0 Å². The van der Waals surface area contributed by atoms with Gasteiger partial charge in [0.25, 0.3) is 0 Å². The van der Waals surface area contributed by atoms with Crippen molar-refractivity contribution in [3.8, 4) is 0 Å². The molecule has 1 atom stereocenters. The fourth-order valence-corrected chi connectivity index (χ4v) is 2.75. The summed E-state index contributed by atoms with van der Waals surface area (Å²) >= 11 is 1.86. The average molecular weight is 229 g/mol. The van der Waals surface area contributed by atoms with E-state index in [9.17, 15) is 4.79 Å². The zero-order valence-electron chi connectivity index (χ0n) is 9.40. The van der Waals surface area contributed by atoms with E-state index in [-0.39, 0.29) is 12.5 Å². The van der Waals surface area contributed by atoms with E-state index in [1.807, 2.05) is 11.8 Å². The molecule has 0 radical (unpaired) electrons. The minimum Gasteiger partial charge on any atom is -0.481 e. The Labute approximate surface area is 95.5 Å². The lowest BCUT2D eigenvalue weighted by Gasteiger charge is -2.33. The van der Waals surface area contributed by atoms with Gasteiger partial charge >= 0.3 is 5.97 Å². The van der Waals surface area contributed by atoms with Crippen LogP contribution in [0.4, 0.5) is 0 Å². The zero-order valence-corrected chi connectivity index (χ0v) is 10.2. The van der Waals surface area contributed by atoms with Crippen molar-refractivity contribution >= 4 is 17.7 Å². The first-order chi connectivity index (χ1) is 7.09. The minimum atomic E-state index is -0.690. The molecule has 0 aromatic carbocycles. The predicted molar refractivity (Wildman–Crippen MR) is 64.4 cm³/mol. The summed E-state index contributed by atoms with van der Waals surface area (Å²) in [4.78, 5) is 13.0. The highest BCUT2D eigenvalue weighted by molar-refractivity contribution is 7.99. The molecule has 0 bridgehead atoms. The SMILES string of the molecule is CC(C)=CCN1CCSCC1CC(=O)O. The number of rotatable bonds is 4. The topological polar surface area (TPSA) is 40.5 Å². The van der Waals surface area contributed by atoms with Crippen molar-refractivity contribution in [2.75, 3.05) is 24.6 Å². The van der Waals surface area contributed by atoms with Crippen LogP contribution in [0.5, 0.6) is 0 Å². The molecule has 0 aliphatic carbocycles. The summed E-state index contributed by atoms with van der Waals surface area (Å²) in [7, 11) is 0. The number of carboxylic acid groups (broad SMARTS) is 1. The van der Waals surface area contributed by atoms with E-state index in [2.05, 4.69) is 24.8 Å². The molecule has 1 aliphatic heterocycles. The smallest absolute Gasteiger partial charge is 0.304 e. The van der Waals surface area contributed by atoms with E-state index in [1.165, 1.54) is 5.57 Å². The van der Waals surface area contributed by atoms with Crippen molar-refractivity contribution < 1.29 is 9.90 Å². The van der Waals surface area contributed by atoms with Crippen LogP contribution in [-0.4, -0.2) is 46.6 Å². The van der Waals surface area contributed by atoms with E-state index in [0.29, 0.717) is 0 Å². The molecule has 0 amide bonds. The number of allylic oxidation sites excluding steroid dienone is 1. The lowest BCUT2D eigenvalue weighted by Crippen LogP contribution is -2.43. The highest BCUT2D eigenvalue weighted by Crippen LogP contribution is 2.18. The van der Waals surface area contributed by atoms with Crippen LogP contribution < -0.4 is 0 Å². The highest BCUT2D eigenvalue weighted by atomic mass is 32.2. The van der Waals surface area contributed by atoms with E-state index in [0.717, 1.165) is 24.6 Å². The molecular weight excluding hydrogens is 210 g/mol. The molecule has 3 nitrogen and oxygen atoms in total. The minimum absolute atomic E-state index is 0.205. The van der Waals surface area contributed by atoms with Gasteiger partial charge in [-0.3, -0.25) is 9.69 Å². The van der Waals surface area contributed by atoms with Crippen LogP contribution in [0.2, 0.25) is 0 Å². The van der Waals surface area contributed by atoms with Crippen LogP contribution in [0.3, 0.4) is 0 Å². The molecule has 0 saturated carbocycles. The van der Waals surface area contributed by atoms with Gasteiger partial charge in [-0.1, -0.05) is 11.6 Å². The number of thioether (sulfide) groups is 1. The van der Waals surface area contributed by atoms with Crippen LogP contribution >= 0.6 is 11.8 Å². The van der Waals surface area contributed by atoms with Crippen molar-refractivity contribution in [3.05, 3.63) is 11.6 Å². The number of carbonyl (C=O) groups is 1. The van der Waals surface area contributed by atoms with Gasteiger partial charge in [0.2, 0.25) is 0 Å². The normalized spacial score (nSPS) is 22.4. The summed E-state index contributed by atoms with van der Waals surface area (Å²) in [6.07, 6.45) is 2.44. The van der Waals surface area contributed by atoms with Gasteiger partial charge < -0.3 is 5.11 Å². The second kappa shape index (κ2) is 6.18. The molecule has 1 aliphatic rings. The molecule has 1 heterocycles. The summed E-state index contributed by atoms with van der Waals surface area (Å²) < 4.78 is 0. The van der Waals surface area contributed by atoms with Crippen LogP contribution in [0.15, 0.2) is 11.6 Å². The van der Waals surface area contributed by atoms with Gasteiger partial charge in [0.1, 0.15) is 0 Å². The zero-order chi connectivity index (χ0) is 11.3. The van der Waals surface area contributed by atoms with Crippen molar-refractivity contribution in [2.45, 2.75) is 26.3 Å². The molecule has 1 rings (SSSR count). The second-order valence-electron chi connectivity index (χ2n) is 4.10. The van der Waals surface area contributed by atoms with Gasteiger partial charge in [-0.25, -0.2) is 0 Å². The average Bonchev–Trinajstić information content (AvgIpc) is 2.15. The van der Waals surface area contributed by atoms with E-state index in [4.69, 9.17) is 5.11 Å². The maximum absolute atomic E-state index is 10.7. The summed E-state index contributed by atoms with van der Waals surface area (Å²) in [5.41, 5.74) is 1.29. The molecule has 4 heteroatoms. The van der Waals surface area contributed by atoms with Gasteiger partial charge in [0.05, 0.1) is 6.42 Å². The lowest BCUT2D eigenvalue weighted by atomic mass is 10.2. The standard InChI is InChI=1S/C11H19NO2S/c1-9(2)3-4-12-5-6-15-8-10(12)7-11(13)14/h3,10H,4-8H2,1-2H3,(H,13,14). The Balaban J connectivity index is 2.49. The van der Waals surface area contributed by atoms with Crippen molar-refractivity contribution in [2.24, 2.45) is 0 Å². The third kappa shape index (κ3) is 4.71. The van der Waals surface area contributed by atoms with Gasteiger partial charge in [-0.05, 0) is 13.8 Å². The molecule has 1 saturated heterocycles. The Morgan fingerprint density at radius 3 is 2.93 bits per heavy atom. The first-order valence-corrected chi connectivity index (χ1v) is 6.42. The molecule has 1 N–H and O–H groups in total. The molecule has 0 aromatic rings. The van der Waals surface area contributed by atoms with Gasteiger partial charge in [0.15, 0.2) is 0 Å². The van der Waals surface area contributed by atoms with Gasteiger partial charge in [0, 0.05) is 30.6 Å². The maximum Gasteiger partial charge on any atom is 0.304 e. The number of carboxylic acids is 1. The Hall–Kier alpha value is -0.480. The van der Waals surface area contributed by atoms with Crippen LogP contribution in [-0.2, 0) is 4.79 Å². The molecule has 1 unspecified atom stereocenters. The number of hydrogen-bond donors (Lipinski definition) is 1. The molecule has 1 fully saturated rings. The van der Waals surface area contributed by atoms with E-state index < -0.39 is 5.97 Å². The number of hydrogen-bond acceptors (Lipinski definition) is 3. The lowest BCUT2D eigenvalue weighted by molar-refractivity contribution is -0.138. The number of aliphatic carboxylic acids is 1. The molecule has 86 valence electrons. The first kappa shape index (κ1) is 12.6. The Morgan fingerprint density at radius 2 is 2.33 bits per heavy atom. The van der Waals surface area contributed by atoms with Crippen molar-refractivity contribution in [1.82, 2.24) is 4.90 Å². The summed E-state index contributed by atoms with van der Waals surface area (Å²) in [6.45, 7) is 6.04. The van der Waals surface area contributed by atoms with Crippen LogP contribution in [0.25, 0.3) is 0 Å². The Bertz CT molecular complexity index is 249. The highest BCUT2D eigenvalue weighted by Gasteiger charge is 2.23. The van der Waals surface area contributed by atoms with Crippen molar-refractivity contribution in [3.63, 3.8) is 0 Å². The fraction of sp³-hybridized carbons (Fsp3) is 0.727.